The number of nitrogens with zero attached hydrogens (tertiary/aromatic N) is 3. The lowest BCUT2D eigenvalue weighted by atomic mass is 10.1. The van der Waals surface area contributed by atoms with Crippen molar-refractivity contribution in [3.05, 3.63) is 69.1 Å². The van der Waals surface area contributed by atoms with Gasteiger partial charge in [0.2, 0.25) is 5.82 Å². The third-order valence-corrected chi connectivity index (χ3v) is 3.92. The zero-order chi connectivity index (χ0) is 18.0. The predicted molar refractivity (Wildman–Crippen MR) is 91.4 cm³/mol. The van der Waals surface area contributed by atoms with Crippen LogP contribution in [0.4, 0.5) is 5.69 Å². The number of aromatic nitrogens is 2. The van der Waals surface area contributed by atoms with Gasteiger partial charge < -0.3 is 9.26 Å². The molecular weight excluding hydrogens is 322 g/mol. The first kappa shape index (κ1) is 16.6. The van der Waals surface area contributed by atoms with Crippen LogP contribution in [0.1, 0.15) is 22.6 Å². The molecule has 0 amide bonds. The summed E-state index contributed by atoms with van der Waals surface area (Å²) in [6.45, 7) is 6.21. The summed E-state index contributed by atoms with van der Waals surface area (Å²) in [5.74, 6) is 1.49. The molecule has 1 heterocycles. The molecule has 0 aliphatic rings. The van der Waals surface area contributed by atoms with Gasteiger partial charge in [-0.05, 0) is 55.7 Å². The minimum atomic E-state index is -0.453. The first-order valence-electron chi connectivity index (χ1n) is 7.72. The van der Waals surface area contributed by atoms with E-state index in [1.807, 2.05) is 26.8 Å². The Morgan fingerprint density at radius 2 is 1.88 bits per heavy atom. The third kappa shape index (κ3) is 3.65. The topological polar surface area (TPSA) is 91.3 Å². The van der Waals surface area contributed by atoms with Crippen molar-refractivity contribution in [1.29, 1.82) is 0 Å². The van der Waals surface area contributed by atoms with Crippen molar-refractivity contribution in [2.24, 2.45) is 0 Å². The van der Waals surface area contributed by atoms with Crippen LogP contribution in [0.5, 0.6) is 5.75 Å². The predicted octanol–water partition coefficient (Wildman–Crippen LogP) is 4.15. The Balaban J connectivity index is 1.73. The highest BCUT2D eigenvalue weighted by Crippen LogP contribution is 2.25. The first-order chi connectivity index (χ1) is 11.9. The van der Waals surface area contributed by atoms with Crippen molar-refractivity contribution < 1.29 is 14.2 Å². The smallest absolute Gasteiger partial charge is 0.269 e. The van der Waals surface area contributed by atoms with E-state index in [0.29, 0.717) is 17.3 Å². The van der Waals surface area contributed by atoms with Gasteiger partial charge in [-0.15, -0.1) is 0 Å². The van der Waals surface area contributed by atoms with Crippen LogP contribution in [0, 0.1) is 30.9 Å². The second-order valence-electron chi connectivity index (χ2n) is 5.81. The van der Waals surface area contributed by atoms with E-state index in [0.717, 1.165) is 22.4 Å². The monoisotopic (exact) mass is 339 g/mol. The van der Waals surface area contributed by atoms with Gasteiger partial charge in [-0.1, -0.05) is 11.2 Å². The Morgan fingerprint density at radius 1 is 1.16 bits per heavy atom. The Bertz CT molecular complexity index is 917. The Hall–Kier alpha value is -3.22. The van der Waals surface area contributed by atoms with Crippen LogP contribution < -0.4 is 4.74 Å². The average molecular weight is 339 g/mol. The molecule has 0 atom stereocenters. The molecule has 7 heteroatoms. The molecular formula is C18H17N3O4. The van der Waals surface area contributed by atoms with E-state index in [2.05, 4.69) is 16.2 Å². The highest BCUT2D eigenvalue weighted by atomic mass is 16.6. The van der Waals surface area contributed by atoms with Crippen LogP contribution in [-0.4, -0.2) is 15.1 Å². The highest BCUT2D eigenvalue weighted by molar-refractivity contribution is 5.56. The van der Waals surface area contributed by atoms with E-state index in [1.54, 1.807) is 12.1 Å². The minimum absolute atomic E-state index is 0.0149. The van der Waals surface area contributed by atoms with Crippen LogP contribution >= 0.6 is 0 Å². The molecule has 0 saturated heterocycles. The van der Waals surface area contributed by atoms with Gasteiger partial charge in [0.25, 0.3) is 11.6 Å². The third-order valence-electron chi connectivity index (χ3n) is 3.92. The van der Waals surface area contributed by atoms with Gasteiger partial charge in [-0.2, -0.15) is 4.98 Å². The molecule has 3 rings (SSSR count). The first-order valence-corrected chi connectivity index (χ1v) is 7.72. The normalized spacial score (nSPS) is 10.7. The zero-order valence-corrected chi connectivity index (χ0v) is 14.1. The van der Waals surface area contributed by atoms with E-state index >= 15 is 0 Å². The molecule has 2 aromatic carbocycles. The molecule has 0 aliphatic heterocycles. The summed E-state index contributed by atoms with van der Waals surface area (Å²) >= 11 is 0. The fraction of sp³-hybridized carbons (Fsp3) is 0.222. The van der Waals surface area contributed by atoms with Crippen LogP contribution in [0.15, 0.2) is 40.9 Å². The summed E-state index contributed by atoms with van der Waals surface area (Å²) in [7, 11) is 0. The van der Waals surface area contributed by atoms with Gasteiger partial charge in [-0.25, -0.2) is 0 Å². The largest absolute Gasteiger partial charge is 0.483 e. The average Bonchev–Trinajstić information content (AvgIpc) is 3.06. The molecule has 0 N–H and O–H groups in total. The van der Waals surface area contributed by atoms with E-state index in [-0.39, 0.29) is 12.3 Å². The summed E-state index contributed by atoms with van der Waals surface area (Å²) in [4.78, 5) is 14.5. The number of hydrogen-bond acceptors (Lipinski definition) is 6. The van der Waals surface area contributed by atoms with Gasteiger partial charge in [0.1, 0.15) is 5.75 Å². The Labute approximate surface area is 144 Å². The summed E-state index contributed by atoms with van der Waals surface area (Å²) in [5, 5.41) is 14.6. The molecule has 0 unspecified atom stereocenters. The van der Waals surface area contributed by atoms with E-state index in [4.69, 9.17) is 9.26 Å². The molecule has 0 fully saturated rings. The molecule has 0 aliphatic carbocycles. The summed E-state index contributed by atoms with van der Waals surface area (Å²) < 4.78 is 11.0. The number of ether oxygens (including phenoxy) is 1. The molecule has 0 spiro atoms. The van der Waals surface area contributed by atoms with Crippen molar-refractivity contribution in [3.63, 3.8) is 0 Å². The lowest BCUT2D eigenvalue weighted by Crippen LogP contribution is -1.99. The fourth-order valence-corrected chi connectivity index (χ4v) is 2.45. The van der Waals surface area contributed by atoms with E-state index < -0.39 is 4.92 Å². The summed E-state index contributed by atoms with van der Waals surface area (Å²) in [5.41, 5.74) is 4.01. The number of hydrogen-bond donors (Lipinski definition) is 0. The van der Waals surface area contributed by atoms with Crippen molar-refractivity contribution in [3.8, 4) is 17.1 Å². The Kier molecular flexibility index (Phi) is 4.47. The van der Waals surface area contributed by atoms with E-state index in [9.17, 15) is 10.1 Å². The van der Waals surface area contributed by atoms with Crippen molar-refractivity contribution in [2.75, 3.05) is 0 Å². The molecule has 1 aromatic heterocycles. The maximum atomic E-state index is 10.7. The maximum absolute atomic E-state index is 10.7. The standard InChI is InChI=1S/C18H17N3O4/c1-11-8-12(2)13(3)16(9-11)24-10-17-19-18(20-25-17)14-4-6-15(7-5-14)21(22)23/h4-9H,10H2,1-3H3. The van der Waals surface area contributed by atoms with Crippen LogP contribution in [0.25, 0.3) is 11.4 Å². The molecule has 128 valence electrons. The van der Waals surface area contributed by atoms with Gasteiger partial charge in [-0.3, -0.25) is 10.1 Å². The number of nitro benzene ring substituents is 1. The summed E-state index contributed by atoms with van der Waals surface area (Å²) in [6.07, 6.45) is 0. The lowest BCUT2D eigenvalue weighted by molar-refractivity contribution is -0.384. The van der Waals surface area contributed by atoms with Gasteiger partial charge in [0, 0.05) is 17.7 Å². The Morgan fingerprint density at radius 3 is 2.56 bits per heavy atom. The van der Waals surface area contributed by atoms with Crippen molar-refractivity contribution in [2.45, 2.75) is 27.4 Å². The molecule has 7 nitrogen and oxygen atoms in total. The highest BCUT2D eigenvalue weighted by Gasteiger charge is 2.12. The molecule has 0 bridgehead atoms. The van der Waals surface area contributed by atoms with Gasteiger partial charge >= 0.3 is 0 Å². The van der Waals surface area contributed by atoms with Crippen LogP contribution in [-0.2, 0) is 6.61 Å². The van der Waals surface area contributed by atoms with E-state index in [1.165, 1.54) is 12.1 Å². The zero-order valence-electron chi connectivity index (χ0n) is 14.1. The molecule has 3 aromatic rings. The molecule has 0 radical (unpaired) electrons. The van der Waals surface area contributed by atoms with Crippen molar-refractivity contribution >= 4 is 5.69 Å². The maximum Gasteiger partial charge on any atom is 0.269 e. The number of benzene rings is 2. The fourth-order valence-electron chi connectivity index (χ4n) is 2.45. The lowest BCUT2D eigenvalue weighted by Gasteiger charge is -2.10. The van der Waals surface area contributed by atoms with Crippen molar-refractivity contribution in [1.82, 2.24) is 10.1 Å². The number of nitro groups is 1. The second-order valence-corrected chi connectivity index (χ2v) is 5.81. The van der Waals surface area contributed by atoms with Gasteiger partial charge in [0.05, 0.1) is 4.92 Å². The number of aryl methyl sites for hydroxylation is 2. The molecule has 25 heavy (non-hydrogen) atoms. The SMILES string of the molecule is Cc1cc(C)c(C)c(OCc2nc(-c3ccc([N+](=O)[O-])cc3)no2)c1. The van der Waals surface area contributed by atoms with Crippen LogP contribution in [0.3, 0.4) is 0 Å². The quantitative estimate of drug-likeness (QED) is 0.512. The van der Waals surface area contributed by atoms with Crippen LogP contribution in [0.2, 0.25) is 0 Å². The molecule has 0 saturated carbocycles. The second kappa shape index (κ2) is 6.72. The summed E-state index contributed by atoms with van der Waals surface area (Å²) in [6, 6.07) is 10.0. The minimum Gasteiger partial charge on any atom is -0.483 e. The number of non-ortho nitro benzene ring substituents is 1. The van der Waals surface area contributed by atoms with Gasteiger partial charge in [0.15, 0.2) is 6.61 Å². The number of rotatable bonds is 5.